The minimum Gasteiger partial charge on any atom is -0.425 e. The van der Waals surface area contributed by atoms with Crippen LogP contribution in [0.25, 0.3) is 0 Å². The van der Waals surface area contributed by atoms with Crippen molar-refractivity contribution in [2.45, 2.75) is 73.8 Å². The average Bonchev–Trinajstić information content (AvgIpc) is 3.25. The lowest BCUT2D eigenvalue weighted by atomic mass is 10.4. The fourth-order valence-corrected chi connectivity index (χ4v) is 20.4. The monoisotopic (exact) mass is 906 g/mol. The molecule has 0 aliphatic carbocycles. The van der Waals surface area contributed by atoms with Crippen molar-refractivity contribution in [3.05, 3.63) is 170 Å². The zero-order valence-electron chi connectivity index (χ0n) is 37.0. The summed E-state index contributed by atoms with van der Waals surface area (Å²) < 4.78 is 25.0. The van der Waals surface area contributed by atoms with E-state index < -0.39 is 51.1 Å². The van der Waals surface area contributed by atoms with E-state index in [0.717, 1.165) is 20.7 Å². The molecule has 0 amide bonds. The predicted molar refractivity (Wildman–Crippen MR) is 281 cm³/mol. The molecule has 0 spiro atoms. The van der Waals surface area contributed by atoms with Crippen LogP contribution in [0.15, 0.2) is 170 Å². The van der Waals surface area contributed by atoms with Gasteiger partial charge in [-0.3, -0.25) is 0 Å². The van der Waals surface area contributed by atoms with Gasteiger partial charge in [0.05, 0.1) is 25.7 Å². The van der Waals surface area contributed by atoms with Crippen LogP contribution >= 0.6 is 0 Å². The Labute approximate surface area is 372 Å². The summed E-state index contributed by atoms with van der Waals surface area (Å²) in [6.07, 6.45) is 0. The predicted octanol–water partition coefficient (Wildman–Crippen LogP) is 7.45. The van der Waals surface area contributed by atoms with Gasteiger partial charge in [-0.25, -0.2) is 0 Å². The van der Waals surface area contributed by atoms with Gasteiger partial charge in [-0.05, 0) is 39.0 Å². The summed E-state index contributed by atoms with van der Waals surface area (Å²) in [5.41, 5.74) is 0. The van der Waals surface area contributed by atoms with Crippen molar-refractivity contribution in [2.24, 2.45) is 0 Å². The van der Waals surface area contributed by atoms with Crippen molar-refractivity contribution in [1.82, 2.24) is 0 Å². The summed E-state index contributed by atoms with van der Waals surface area (Å²) in [6.45, 7) is 21.2. The molecule has 6 rings (SSSR count). The van der Waals surface area contributed by atoms with E-state index in [1.165, 1.54) is 10.4 Å². The van der Waals surface area contributed by atoms with Gasteiger partial charge in [-0.2, -0.15) is 0 Å². The highest BCUT2D eigenvalue weighted by Gasteiger charge is 2.47. The van der Waals surface area contributed by atoms with Gasteiger partial charge in [-0.15, -0.1) is 0 Å². The maximum Gasteiger partial charge on any atom is 0.406 e. The number of hydrogen-bond acceptors (Lipinski definition) is 4. The topological polar surface area (TPSA) is 36.9 Å². The van der Waals surface area contributed by atoms with Crippen LogP contribution in [0, 0.1) is 0 Å². The van der Waals surface area contributed by atoms with E-state index in [9.17, 15) is 0 Å². The lowest BCUT2D eigenvalue weighted by molar-refractivity contribution is 0.272. The molecule has 6 aromatic rings. The van der Waals surface area contributed by atoms with Crippen molar-refractivity contribution < 1.29 is 17.4 Å². The molecule has 0 atom stereocenters. The third-order valence-electron chi connectivity index (χ3n) is 10.6. The number of benzene rings is 6. The van der Waals surface area contributed by atoms with Gasteiger partial charge in [0.15, 0.2) is 0 Å². The molecular weight excluding hydrogens is 833 g/mol. The van der Waals surface area contributed by atoms with Crippen molar-refractivity contribution in [3.63, 3.8) is 0 Å². The molecule has 0 unspecified atom stereocenters. The summed E-state index contributed by atoms with van der Waals surface area (Å²) in [5.74, 6) is 0. The third-order valence-corrected chi connectivity index (χ3v) is 27.1. The van der Waals surface area contributed by atoms with E-state index in [1.54, 1.807) is 31.7 Å². The van der Waals surface area contributed by atoms with Crippen molar-refractivity contribution in [2.75, 3.05) is 21.3 Å². The molecule has 322 valence electrons. The third kappa shape index (κ3) is 13.5. The lowest BCUT2D eigenvalue weighted by Crippen LogP contribution is -2.68. The van der Waals surface area contributed by atoms with Gasteiger partial charge in [0.1, 0.15) is 0 Å². The van der Waals surface area contributed by atoms with E-state index in [4.69, 9.17) is 17.4 Å². The summed E-state index contributed by atoms with van der Waals surface area (Å²) in [7, 11) is -4.76. The zero-order chi connectivity index (χ0) is 42.4. The van der Waals surface area contributed by atoms with E-state index in [0.29, 0.717) is 0 Å². The minimum absolute atomic E-state index is 0. The number of rotatable bonds is 13. The quantitative estimate of drug-likeness (QED) is 0.113. The van der Waals surface area contributed by atoms with Crippen LogP contribution in [0.5, 0.6) is 0 Å². The lowest BCUT2D eigenvalue weighted by Gasteiger charge is -2.38. The molecule has 0 saturated carbocycles. The molecule has 0 bridgehead atoms. The largest absolute Gasteiger partial charge is 0.425 e. The second kappa shape index (κ2) is 24.2. The fraction of sp³-hybridized carbons (Fsp3) is 0.280. The Morgan fingerprint density at radius 3 is 0.850 bits per heavy atom. The fourth-order valence-electron chi connectivity index (χ4n) is 6.97. The van der Waals surface area contributed by atoms with Gasteiger partial charge in [0.2, 0.25) is 8.32 Å². The van der Waals surface area contributed by atoms with Gasteiger partial charge >= 0.3 is 17.1 Å². The summed E-state index contributed by atoms with van der Waals surface area (Å²) in [5, 5.41) is 10.5. The second-order valence-electron chi connectivity index (χ2n) is 16.7. The summed E-state index contributed by atoms with van der Waals surface area (Å²) in [4.78, 5) is 0. The first-order chi connectivity index (χ1) is 27.6. The van der Waals surface area contributed by atoms with E-state index in [1.807, 2.05) is 48.5 Å². The molecule has 10 heteroatoms. The van der Waals surface area contributed by atoms with Gasteiger partial charge in [-0.1, -0.05) is 246 Å². The van der Waals surface area contributed by atoms with Crippen molar-refractivity contribution in [3.8, 4) is 0 Å². The van der Waals surface area contributed by atoms with Crippen LogP contribution in [-0.2, 0) is 17.4 Å². The Kier molecular flexibility index (Phi) is 21.2. The molecule has 0 N–H and O–H groups in total. The Morgan fingerprint density at radius 2 is 0.600 bits per heavy atom. The van der Waals surface area contributed by atoms with E-state index in [-0.39, 0.29) is 14.9 Å². The minimum atomic E-state index is -2.82. The SMILES string of the molecule is C.C.CO[Si](OC)(c1ccccc1)c1ccccc1.CO[Si](O[Si](C)(C)c1ccc([Si](C)(C)C)cc1)(c1ccccc1)c1ccccc1.C[SiH](C)c1ccc([SiH](C)C)cc1. The Hall–Kier alpha value is -3.54. The van der Waals surface area contributed by atoms with Crippen molar-refractivity contribution >= 4 is 92.6 Å². The highest BCUT2D eigenvalue weighted by Crippen LogP contribution is 2.17. The average molecular weight is 908 g/mol. The maximum atomic E-state index is 7.13. The first-order valence-corrected chi connectivity index (χ1v) is 36.2. The molecule has 0 aliphatic heterocycles. The molecule has 0 aromatic heterocycles. The Morgan fingerprint density at radius 1 is 0.333 bits per heavy atom. The smallest absolute Gasteiger partial charge is 0.406 e. The maximum absolute atomic E-state index is 7.13. The van der Waals surface area contributed by atoms with Crippen LogP contribution in [0.4, 0.5) is 0 Å². The van der Waals surface area contributed by atoms with Gasteiger partial charge in [0, 0.05) is 21.3 Å². The summed E-state index contributed by atoms with van der Waals surface area (Å²) >= 11 is 0. The van der Waals surface area contributed by atoms with Crippen molar-refractivity contribution in [1.29, 1.82) is 0 Å². The molecule has 0 radical (unpaired) electrons. The normalized spacial score (nSPS) is 11.6. The highest BCUT2D eigenvalue weighted by atomic mass is 28.4. The highest BCUT2D eigenvalue weighted by molar-refractivity contribution is 7.01. The van der Waals surface area contributed by atoms with Gasteiger partial charge < -0.3 is 17.4 Å². The molecule has 0 saturated heterocycles. The standard InChI is InChI=1S/C24H32O2Si3.C14H16O2Si.C10H18Si2.2CH4/c1-25-29(23-13-9-7-10-14-23,24-15-11-8-12-16-24)26-28(5,6)22-19-17-21(18-20-22)27(2,3)4;1-15-17(16-2,13-9-5-3-6-10-13)14-11-7-4-8-12-14;1-11(2)9-5-7-10(8-6-9)12(3)4;;/h7-20H,1-6H3;3-12H,1-2H3;5-8,11-12H,1-4H3;2*1H4. The van der Waals surface area contributed by atoms with E-state index >= 15 is 0 Å². The molecule has 6 aromatic carbocycles. The Balaban J connectivity index is 0.000000339. The Bertz CT molecular complexity index is 1950. The molecule has 0 fully saturated rings. The summed E-state index contributed by atoms with van der Waals surface area (Å²) in [6, 6.07) is 59.7. The molecule has 0 heterocycles. The van der Waals surface area contributed by atoms with Gasteiger partial charge in [0.25, 0.3) is 0 Å². The van der Waals surface area contributed by atoms with Crippen LogP contribution in [0.1, 0.15) is 14.9 Å². The molecule has 4 nitrogen and oxygen atoms in total. The zero-order valence-corrected chi connectivity index (χ0v) is 43.3. The molecular formula is C50H74O4Si6. The van der Waals surface area contributed by atoms with Crippen LogP contribution < -0.4 is 41.5 Å². The first-order valence-electron chi connectivity index (χ1n) is 20.4. The molecule has 60 heavy (non-hydrogen) atoms. The molecule has 0 aliphatic rings. The van der Waals surface area contributed by atoms with Crippen LogP contribution in [-0.4, -0.2) is 72.4 Å². The van der Waals surface area contributed by atoms with E-state index in [2.05, 4.69) is 180 Å². The second-order valence-corrected chi connectivity index (χ2v) is 38.2. The van der Waals surface area contributed by atoms with Crippen LogP contribution in [0.2, 0.25) is 58.9 Å². The first kappa shape index (κ1) is 52.6. The number of hydrogen-bond donors (Lipinski definition) is 0. The van der Waals surface area contributed by atoms with Crippen LogP contribution in [0.3, 0.4) is 0 Å².